The largest absolute Gasteiger partial charge is 0.504 e. The van der Waals surface area contributed by atoms with Gasteiger partial charge in [0.15, 0.2) is 11.5 Å². The van der Waals surface area contributed by atoms with Crippen LogP contribution in [0, 0.1) is 5.92 Å². The Morgan fingerprint density at radius 2 is 1.95 bits per heavy atom. The average molecular weight is 312 g/mol. The summed E-state index contributed by atoms with van der Waals surface area (Å²) < 4.78 is 5.30. The first kappa shape index (κ1) is 18.1. The van der Waals surface area contributed by atoms with Gasteiger partial charge in [0.1, 0.15) is 18.5 Å². The number of ether oxygens (including phenoxy) is 1. The molecule has 0 spiro atoms. The van der Waals surface area contributed by atoms with E-state index in [4.69, 9.17) is 9.84 Å². The second-order valence-corrected chi connectivity index (χ2v) is 5.27. The van der Waals surface area contributed by atoms with Crippen molar-refractivity contribution in [3.8, 4) is 17.2 Å². The van der Waals surface area contributed by atoms with Crippen LogP contribution < -0.4 is 15.4 Å². The molecule has 0 saturated carbocycles. The summed E-state index contributed by atoms with van der Waals surface area (Å²) in [6, 6.07) is 4.08. The summed E-state index contributed by atoms with van der Waals surface area (Å²) in [4.78, 5) is 11.3. The van der Waals surface area contributed by atoms with Gasteiger partial charge in [0.25, 0.3) is 0 Å². The number of aliphatic hydroxyl groups excluding tert-OH is 1. The third kappa shape index (κ3) is 6.64. The zero-order chi connectivity index (χ0) is 16.5. The van der Waals surface area contributed by atoms with Crippen LogP contribution in [-0.4, -0.2) is 53.6 Å². The monoisotopic (exact) mass is 312 g/mol. The van der Waals surface area contributed by atoms with Gasteiger partial charge in [-0.15, -0.1) is 0 Å². The number of amides is 1. The lowest BCUT2D eigenvalue weighted by atomic mass is 10.2. The van der Waals surface area contributed by atoms with E-state index in [0.29, 0.717) is 25.4 Å². The molecule has 0 saturated heterocycles. The highest BCUT2D eigenvalue weighted by atomic mass is 16.5. The molecular weight excluding hydrogens is 288 g/mol. The first-order valence-corrected chi connectivity index (χ1v) is 7.21. The molecule has 1 aromatic rings. The summed E-state index contributed by atoms with van der Waals surface area (Å²) in [7, 11) is 0. The first-order valence-electron chi connectivity index (χ1n) is 7.21. The Balaban J connectivity index is 2.14. The summed E-state index contributed by atoms with van der Waals surface area (Å²) in [6.45, 7) is 5.07. The molecule has 1 aromatic carbocycles. The molecule has 5 N–H and O–H groups in total. The molecular formula is C15H24N2O5. The van der Waals surface area contributed by atoms with Crippen LogP contribution in [0.2, 0.25) is 0 Å². The number of aliphatic hydroxyl groups is 1. The van der Waals surface area contributed by atoms with Gasteiger partial charge in [0.2, 0.25) is 5.91 Å². The second-order valence-electron chi connectivity index (χ2n) is 5.27. The van der Waals surface area contributed by atoms with Crippen LogP contribution in [-0.2, 0) is 4.79 Å². The summed E-state index contributed by atoms with van der Waals surface area (Å²) in [6.07, 6.45) is -0.725. The molecule has 7 nitrogen and oxygen atoms in total. The molecule has 1 amide bonds. The molecule has 0 fully saturated rings. The minimum atomic E-state index is -0.725. The number of benzene rings is 1. The van der Waals surface area contributed by atoms with E-state index >= 15 is 0 Å². The molecule has 0 bridgehead atoms. The van der Waals surface area contributed by atoms with Crippen molar-refractivity contribution in [2.75, 3.05) is 26.2 Å². The predicted molar refractivity (Wildman–Crippen MR) is 82.0 cm³/mol. The maximum Gasteiger partial charge on any atom is 0.222 e. The lowest BCUT2D eigenvalue weighted by Gasteiger charge is -2.14. The molecule has 0 aromatic heterocycles. The quantitative estimate of drug-likeness (QED) is 0.329. The van der Waals surface area contributed by atoms with E-state index in [1.54, 1.807) is 0 Å². The number of carbonyl (C=O) groups is 1. The van der Waals surface area contributed by atoms with Crippen molar-refractivity contribution in [2.24, 2.45) is 5.92 Å². The standard InChI is InChI=1S/C15H24N2O5/c1-10(2)15(21)17-6-5-16-8-11(18)9-22-12-3-4-13(19)14(20)7-12/h3-4,7,10-11,16,18-20H,5-6,8-9H2,1-2H3,(H,17,21). The highest BCUT2D eigenvalue weighted by Crippen LogP contribution is 2.28. The van der Waals surface area contributed by atoms with Crippen molar-refractivity contribution in [1.82, 2.24) is 10.6 Å². The molecule has 7 heteroatoms. The van der Waals surface area contributed by atoms with Crippen molar-refractivity contribution < 1.29 is 24.9 Å². The number of hydrogen-bond donors (Lipinski definition) is 5. The maximum absolute atomic E-state index is 11.3. The fourth-order valence-electron chi connectivity index (χ4n) is 1.59. The van der Waals surface area contributed by atoms with Crippen molar-refractivity contribution in [2.45, 2.75) is 20.0 Å². The van der Waals surface area contributed by atoms with Crippen molar-refractivity contribution in [3.63, 3.8) is 0 Å². The number of aromatic hydroxyl groups is 2. The summed E-state index contributed by atoms with van der Waals surface area (Å²) in [5.41, 5.74) is 0. The molecule has 0 aliphatic carbocycles. The lowest BCUT2D eigenvalue weighted by molar-refractivity contribution is -0.123. The molecule has 1 atom stereocenters. The van der Waals surface area contributed by atoms with Gasteiger partial charge in [-0.25, -0.2) is 0 Å². The van der Waals surface area contributed by atoms with E-state index in [9.17, 15) is 15.0 Å². The van der Waals surface area contributed by atoms with E-state index in [1.165, 1.54) is 18.2 Å². The minimum Gasteiger partial charge on any atom is -0.504 e. The number of phenolic OH excluding ortho intramolecular Hbond substituents is 2. The Morgan fingerprint density at radius 1 is 1.23 bits per heavy atom. The van der Waals surface area contributed by atoms with Crippen LogP contribution in [0.3, 0.4) is 0 Å². The van der Waals surface area contributed by atoms with Crippen LogP contribution in [0.5, 0.6) is 17.2 Å². The van der Waals surface area contributed by atoms with Crippen LogP contribution in [0.4, 0.5) is 0 Å². The molecule has 0 aliphatic heterocycles. The average Bonchev–Trinajstić information content (AvgIpc) is 2.47. The number of carbonyl (C=O) groups excluding carboxylic acids is 1. The van der Waals surface area contributed by atoms with Gasteiger partial charge in [-0.2, -0.15) is 0 Å². The van der Waals surface area contributed by atoms with E-state index < -0.39 is 6.10 Å². The minimum absolute atomic E-state index is 0.00202. The van der Waals surface area contributed by atoms with Crippen molar-refractivity contribution in [3.05, 3.63) is 18.2 Å². The Morgan fingerprint density at radius 3 is 2.59 bits per heavy atom. The van der Waals surface area contributed by atoms with Gasteiger partial charge in [-0.05, 0) is 12.1 Å². The normalized spacial score (nSPS) is 12.2. The predicted octanol–water partition coefficient (Wildman–Crippen LogP) is 0.199. The van der Waals surface area contributed by atoms with Gasteiger partial charge in [0.05, 0.1) is 0 Å². The van der Waals surface area contributed by atoms with Crippen LogP contribution in [0.15, 0.2) is 18.2 Å². The van der Waals surface area contributed by atoms with E-state index in [2.05, 4.69) is 10.6 Å². The zero-order valence-corrected chi connectivity index (χ0v) is 12.9. The van der Waals surface area contributed by atoms with Gasteiger partial charge in [-0.1, -0.05) is 13.8 Å². The first-order chi connectivity index (χ1) is 10.4. The fraction of sp³-hybridized carbons (Fsp3) is 0.533. The Kier molecular flexibility index (Phi) is 7.48. The molecule has 1 rings (SSSR count). The SMILES string of the molecule is CC(C)C(=O)NCCNCC(O)COc1ccc(O)c(O)c1. The third-order valence-electron chi connectivity index (χ3n) is 2.89. The topological polar surface area (TPSA) is 111 Å². The zero-order valence-electron chi connectivity index (χ0n) is 12.9. The van der Waals surface area contributed by atoms with E-state index in [1.807, 2.05) is 13.8 Å². The van der Waals surface area contributed by atoms with Crippen LogP contribution in [0.1, 0.15) is 13.8 Å². The highest BCUT2D eigenvalue weighted by Gasteiger charge is 2.08. The molecule has 0 radical (unpaired) electrons. The van der Waals surface area contributed by atoms with Gasteiger partial charge in [0, 0.05) is 31.6 Å². The third-order valence-corrected chi connectivity index (χ3v) is 2.89. The van der Waals surface area contributed by atoms with Gasteiger partial charge in [-0.3, -0.25) is 4.79 Å². The summed E-state index contributed by atoms with van der Waals surface area (Å²) in [5, 5.41) is 34.0. The van der Waals surface area contributed by atoms with E-state index in [0.717, 1.165) is 0 Å². The molecule has 0 heterocycles. The van der Waals surface area contributed by atoms with Crippen molar-refractivity contribution >= 4 is 5.91 Å². The molecule has 0 aliphatic rings. The number of phenols is 2. The highest BCUT2D eigenvalue weighted by molar-refractivity contribution is 5.77. The maximum atomic E-state index is 11.3. The second kappa shape index (κ2) is 9.11. The van der Waals surface area contributed by atoms with Crippen LogP contribution >= 0.6 is 0 Å². The van der Waals surface area contributed by atoms with Gasteiger partial charge >= 0.3 is 0 Å². The van der Waals surface area contributed by atoms with E-state index in [-0.39, 0.29) is 29.9 Å². The lowest BCUT2D eigenvalue weighted by Crippen LogP contribution is -2.38. The Bertz CT molecular complexity index is 479. The molecule has 22 heavy (non-hydrogen) atoms. The fourth-order valence-corrected chi connectivity index (χ4v) is 1.59. The van der Waals surface area contributed by atoms with Crippen molar-refractivity contribution in [1.29, 1.82) is 0 Å². The number of hydrogen-bond acceptors (Lipinski definition) is 6. The Hall–Kier alpha value is -1.99. The smallest absolute Gasteiger partial charge is 0.222 e. The number of nitrogens with one attached hydrogen (secondary N) is 2. The summed E-state index contributed by atoms with van der Waals surface area (Å²) in [5.74, 6) is -0.180. The summed E-state index contributed by atoms with van der Waals surface area (Å²) >= 11 is 0. The van der Waals surface area contributed by atoms with Gasteiger partial charge < -0.3 is 30.7 Å². The molecule has 1 unspecified atom stereocenters. The Labute approximate surface area is 129 Å². The number of rotatable bonds is 9. The van der Waals surface area contributed by atoms with Crippen LogP contribution in [0.25, 0.3) is 0 Å². The molecule has 124 valence electrons.